The van der Waals surface area contributed by atoms with Crippen LogP contribution in [0.5, 0.6) is 11.5 Å². The minimum Gasteiger partial charge on any atom is -0.493 e. The smallest absolute Gasteiger partial charge is 0.243 e. The number of carbonyl (C=O) groups is 1. The van der Waals surface area contributed by atoms with Crippen LogP contribution in [0.25, 0.3) is 0 Å². The number of nitrogens with one attached hydrogen (secondary N) is 1. The molecule has 1 fully saturated rings. The van der Waals surface area contributed by atoms with Gasteiger partial charge in [0.2, 0.25) is 15.9 Å². The van der Waals surface area contributed by atoms with Gasteiger partial charge in [-0.15, -0.1) is 0 Å². The lowest BCUT2D eigenvalue weighted by Gasteiger charge is -2.31. The number of sulfonamides is 1. The number of hydrogen-bond acceptors (Lipinski definition) is 5. The molecule has 8 heteroatoms. The number of carbonyl (C=O) groups excluding carboxylic acids is 1. The molecule has 30 heavy (non-hydrogen) atoms. The van der Waals surface area contributed by atoms with Gasteiger partial charge in [0.25, 0.3) is 0 Å². The van der Waals surface area contributed by atoms with Crippen LogP contribution in [-0.2, 0) is 14.8 Å². The highest BCUT2D eigenvalue weighted by Gasteiger charge is 2.33. The molecule has 1 heterocycles. The lowest BCUT2D eigenvalue weighted by atomic mass is 9.96. The predicted octanol–water partition coefficient (Wildman–Crippen LogP) is 3.11. The van der Waals surface area contributed by atoms with E-state index in [-0.39, 0.29) is 23.3 Å². The van der Waals surface area contributed by atoms with E-state index in [0.29, 0.717) is 37.4 Å². The molecule has 3 rings (SSSR count). The first-order valence-corrected chi connectivity index (χ1v) is 12.1. The van der Waals surface area contributed by atoms with Crippen molar-refractivity contribution >= 4 is 15.9 Å². The predicted molar refractivity (Wildman–Crippen MR) is 115 cm³/mol. The number of nitrogens with zero attached hydrogens (tertiary/aromatic N) is 1. The van der Waals surface area contributed by atoms with E-state index in [1.807, 2.05) is 0 Å². The van der Waals surface area contributed by atoms with Crippen molar-refractivity contribution in [3.63, 3.8) is 0 Å². The van der Waals surface area contributed by atoms with Crippen molar-refractivity contribution in [2.75, 3.05) is 33.9 Å². The van der Waals surface area contributed by atoms with Gasteiger partial charge in [-0.3, -0.25) is 4.79 Å². The fraction of sp³-hybridized carbons (Fsp3) is 0.591. The normalized spacial score (nSPS) is 20.3. The van der Waals surface area contributed by atoms with Crippen LogP contribution in [0.4, 0.5) is 0 Å². The van der Waals surface area contributed by atoms with E-state index >= 15 is 0 Å². The number of ether oxygens (including phenoxy) is 2. The molecule has 1 amide bonds. The molecule has 1 aromatic carbocycles. The molecule has 0 radical (unpaired) electrons. The number of benzene rings is 1. The second-order valence-electron chi connectivity index (χ2n) is 7.87. The van der Waals surface area contributed by atoms with E-state index in [0.717, 1.165) is 19.3 Å². The Kier molecular flexibility index (Phi) is 7.77. The highest BCUT2D eigenvalue weighted by atomic mass is 32.2. The maximum absolute atomic E-state index is 13.1. The molecule has 0 saturated carbocycles. The summed E-state index contributed by atoms with van der Waals surface area (Å²) < 4.78 is 38.1. The third-order valence-corrected chi connectivity index (χ3v) is 7.74. The van der Waals surface area contributed by atoms with Crippen LogP contribution in [0.3, 0.4) is 0 Å². The zero-order valence-electron chi connectivity index (χ0n) is 17.9. The average molecular weight is 437 g/mol. The first-order valence-electron chi connectivity index (χ1n) is 10.6. The summed E-state index contributed by atoms with van der Waals surface area (Å²) in [4.78, 5) is 12.8. The minimum absolute atomic E-state index is 0.0568. The van der Waals surface area contributed by atoms with Crippen LogP contribution in [0.15, 0.2) is 34.7 Å². The fourth-order valence-electron chi connectivity index (χ4n) is 4.12. The molecule has 1 aliphatic carbocycles. The number of hydrogen-bond donors (Lipinski definition) is 1. The van der Waals surface area contributed by atoms with Gasteiger partial charge in [-0.2, -0.15) is 4.31 Å². The number of methoxy groups -OCH3 is 2. The zero-order chi connectivity index (χ0) is 21.6. The summed E-state index contributed by atoms with van der Waals surface area (Å²) in [6.45, 7) is 1.22. The lowest BCUT2D eigenvalue weighted by Crippen LogP contribution is -2.45. The molecule has 0 aromatic heterocycles. The number of rotatable bonds is 8. The molecule has 166 valence electrons. The Hall–Kier alpha value is -2.06. The van der Waals surface area contributed by atoms with Crippen LogP contribution < -0.4 is 14.8 Å². The van der Waals surface area contributed by atoms with E-state index in [1.54, 1.807) is 6.07 Å². The van der Waals surface area contributed by atoms with E-state index in [9.17, 15) is 13.2 Å². The van der Waals surface area contributed by atoms with Gasteiger partial charge in [0.05, 0.1) is 25.0 Å². The standard InChI is InChI=1S/C22H32N2O5S/c1-28-20-11-10-19(15-21(20)29-2)30(26,27)24-14-6-9-18(16-24)22(25)23-13-12-17-7-4-3-5-8-17/h7,10-11,15,18H,3-6,8-9,12-14,16H2,1-2H3,(H,23,25)/t18-/m1/s1. The summed E-state index contributed by atoms with van der Waals surface area (Å²) in [7, 11) is -0.739. The molecule has 1 aromatic rings. The summed E-state index contributed by atoms with van der Waals surface area (Å²) >= 11 is 0. The van der Waals surface area contributed by atoms with Crippen molar-refractivity contribution in [1.29, 1.82) is 0 Å². The second-order valence-corrected chi connectivity index (χ2v) is 9.81. The average Bonchev–Trinajstić information content (AvgIpc) is 2.79. The first kappa shape index (κ1) is 22.6. The monoisotopic (exact) mass is 436 g/mol. The van der Waals surface area contributed by atoms with Crippen molar-refractivity contribution in [2.45, 2.75) is 49.8 Å². The highest BCUT2D eigenvalue weighted by molar-refractivity contribution is 7.89. The van der Waals surface area contributed by atoms with Crippen LogP contribution in [0.1, 0.15) is 44.9 Å². The van der Waals surface area contributed by atoms with E-state index in [2.05, 4.69) is 11.4 Å². The summed E-state index contributed by atoms with van der Waals surface area (Å²) in [5.41, 5.74) is 1.42. The lowest BCUT2D eigenvalue weighted by molar-refractivity contribution is -0.126. The van der Waals surface area contributed by atoms with Crippen LogP contribution in [0, 0.1) is 5.92 Å². The molecule has 7 nitrogen and oxygen atoms in total. The van der Waals surface area contributed by atoms with Gasteiger partial charge < -0.3 is 14.8 Å². The first-order chi connectivity index (χ1) is 14.5. The highest BCUT2D eigenvalue weighted by Crippen LogP contribution is 2.32. The molecular weight excluding hydrogens is 404 g/mol. The van der Waals surface area contributed by atoms with Gasteiger partial charge >= 0.3 is 0 Å². The number of amides is 1. The third-order valence-electron chi connectivity index (χ3n) is 5.88. The van der Waals surface area contributed by atoms with Gasteiger partial charge in [-0.25, -0.2) is 8.42 Å². The van der Waals surface area contributed by atoms with Crippen LogP contribution in [-0.4, -0.2) is 52.5 Å². The topological polar surface area (TPSA) is 84.9 Å². The second kappa shape index (κ2) is 10.3. The maximum Gasteiger partial charge on any atom is 0.243 e. The van der Waals surface area contributed by atoms with Crippen LogP contribution in [0.2, 0.25) is 0 Å². The largest absolute Gasteiger partial charge is 0.493 e. The summed E-state index contributed by atoms with van der Waals surface area (Å²) in [6.07, 6.45) is 9.27. The van der Waals surface area contributed by atoms with Crippen molar-refractivity contribution in [3.8, 4) is 11.5 Å². The Bertz CT molecular complexity index is 882. The van der Waals surface area contributed by atoms with Crippen molar-refractivity contribution in [1.82, 2.24) is 9.62 Å². The Morgan fingerprint density at radius 3 is 2.67 bits per heavy atom. The molecule has 1 N–H and O–H groups in total. The summed E-state index contributed by atoms with van der Waals surface area (Å²) in [5.74, 6) is 0.454. The summed E-state index contributed by atoms with van der Waals surface area (Å²) in [6, 6.07) is 4.56. The Balaban J connectivity index is 1.61. The van der Waals surface area contributed by atoms with E-state index < -0.39 is 10.0 Å². The molecule has 1 atom stereocenters. The Morgan fingerprint density at radius 1 is 1.17 bits per heavy atom. The molecular formula is C22H32N2O5S. The van der Waals surface area contributed by atoms with E-state index in [1.165, 1.54) is 49.1 Å². The van der Waals surface area contributed by atoms with Crippen molar-refractivity contribution in [2.24, 2.45) is 5.92 Å². The van der Waals surface area contributed by atoms with Gasteiger partial charge in [0.15, 0.2) is 11.5 Å². The third kappa shape index (κ3) is 5.35. The Labute approximate surface area is 179 Å². The molecule has 1 saturated heterocycles. The van der Waals surface area contributed by atoms with E-state index in [4.69, 9.17) is 9.47 Å². The molecule has 0 spiro atoms. The molecule has 0 unspecified atom stereocenters. The fourth-order valence-corrected chi connectivity index (χ4v) is 5.66. The van der Waals surface area contributed by atoms with Gasteiger partial charge in [-0.1, -0.05) is 11.6 Å². The number of piperidine rings is 1. The van der Waals surface area contributed by atoms with Gasteiger partial charge in [0, 0.05) is 25.7 Å². The quantitative estimate of drug-likeness (QED) is 0.633. The van der Waals surface area contributed by atoms with Gasteiger partial charge in [-0.05, 0) is 57.1 Å². The zero-order valence-corrected chi connectivity index (χ0v) is 18.7. The van der Waals surface area contributed by atoms with Crippen molar-refractivity contribution in [3.05, 3.63) is 29.8 Å². The van der Waals surface area contributed by atoms with Crippen LogP contribution >= 0.6 is 0 Å². The Morgan fingerprint density at radius 2 is 1.97 bits per heavy atom. The summed E-state index contributed by atoms with van der Waals surface area (Å²) in [5, 5.41) is 3.01. The van der Waals surface area contributed by atoms with Crippen molar-refractivity contribution < 1.29 is 22.7 Å². The van der Waals surface area contributed by atoms with Gasteiger partial charge in [0.1, 0.15) is 0 Å². The minimum atomic E-state index is -3.72. The molecule has 0 bridgehead atoms. The SMILES string of the molecule is COc1ccc(S(=O)(=O)N2CCC[C@@H](C(=O)NCCC3=CCCCC3)C2)cc1OC. The molecule has 2 aliphatic rings. The molecule has 1 aliphatic heterocycles. The maximum atomic E-state index is 13.1. The number of allylic oxidation sites excluding steroid dienone is 1.